The first-order valence-electron chi connectivity index (χ1n) is 5.24. The van der Waals surface area contributed by atoms with Crippen LogP contribution >= 0.6 is 0 Å². The molecule has 0 atom stereocenters. The van der Waals surface area contributed by atoms with Crippen LogP contribution in [0.2, 0.25) is 0 Å². The molecule has 0 radical (unpaired) electrons. The molecule has 4 N–H and O–H groups in total. The van der Waals surface area contributed by atoms with Crippen molar-refractivity contribution in [3.8, 4) is 0 Å². The van der Waals surface area contributed by atoms with Gasteiger partial charge in [-0.2, -0.15) is 0 Å². The van der Waals surface area contributed by atoms with Gasteiger partial charge in [-0.25, -0.2) is 0 Å². The number of hydrogen-bond acceptors (Lipinski definition) is 3. The van der Waals surface area contributed by atoms with Crippen LogP contribution in [-0.2, 0) is 6.54 Å². The number of benzene rings is 1. The summed E-state index contributed by atoms with van der Waals surface area (Å²) in [6, 6.07) is 5.64. The number of nitrogens with zero attached hydrogens (tertiary/aromatic N) is 1. The zero-order chi connectivity index (χ0) is 12.0. The van der Waals surface area contributed by atoms with Gasteiger partial charge in [0.2, 0.25) is 0 Å². The van der Waals surface area contributed by atoms with E-state index in [1.54, 1.807) is 6.07 Å². The number of anilines is 2. The van der Waals surface area contributed by atoms with Crippen molar-refractivity contribution in [2.45, 2.75) is 6.54 Å². The Morgan fingerprint density at radius 3 is 1.94 bits per heavy atom. The Morgan fingerprint density at radius 2 is 1.50 bits per heavy atom. The lowest BCUT2D eigenvalue weighted by atomic mass is 10.1. The zero-order valence-electron chi connectivity index (χ0n) is 9.52. The van der Waals surface area contributed by atoms with E-state index in [0.29, 0.717) is 11.4 Å². The Balaban J connectivity index is 2.75. The lowest BCUT2D eigenvalue weighted by molar-refractivity contribution is 0.328. The summed E-state index contributed by atoms with van der Waals surface area (Å²) < 4.78 is 0. The molecule has 0 saturated carbocycles. The van der Waals surface area contributed by atoms with Crippen LogP contribution in [0, 0.1) is 0 Å². The van der Waals surface area contributed by atoms with Crippen molar-refractivity contribution in [3.05, 3.63) is 49.1 Å². The molecule has 1 rings (SSSR count). The molecule has 16 heavy (non-hydrogen) atoms. The molecular weight excluding hydrogens is 198 g/mol. The zero-order valence-corrected chi connectivity index (χ0v) is 9.52. The molecule has 0 aliphatic carbocycles. The Labute approximate surface area is 97.0 Å². The van der Waals surface area contributed by atoms with Gasteiger partial charge in [-0.05, 0) is 23.8 Å². The van der Waals surface area contributed by atoms with E-state index in [0.717, 1.165) is 25.2 Å². The summed E-state index contributed by atoms with van der Waals surface area (Å²) in [6.45, 7) is 9.91. The van der Waals surface area contributed by atoms with Gasteiger partial charge in [0, 0.05) is 31.0 Å². The third-order valence-corrected chi connectivity index (χ3v) is 2.22. The van der Waals surface area contributed by atoms with Crippen molar-refractivity contribution < 1.29 is 0 Å². The first-order valence-corrected chi connectivity index (χ1v) is 5.24. The summed E-state index contributed by atoms with van der Waals surface area (Å²) in [5, 5.41) is 0. The van der Waals surface area contributed by atoms with Crippen LogP contribution in [0.1, 0.15) is 5.56 Å². The minimum absolute atomic E-state index is 0.701. The van der Waals surface area contributed by atoms with Crippen LogP contribution in [0.25, 0.3) is 0 Å². The van der Waals surface area contributed by atoms with Gasteiger partial charge in [0.15, 0.2) is 0 Å². The summed E-state index contributed by atoms with van der Waals surface area (Å²) in [6.07, 6.45) is 3.75. The molecule has 0 aromatic heterocycles. The lowest BCUT2D eigenvalue weighted by Crippen LogP contribution is -2.23. The van der Waals surface area contributed by atoms with E-state index in [9.17, 15) is 0 Å². The smallest absolute Gasteiger partial charge is 0.0337 e. The second kappa shape index (κ2) is 5.98. The highest BCUT2D eigenvalue weighted by Gasteiger charge is 2.03. The Bertz CT molecular complexity index is 341. The fourth-order valence-corrected chi connectivity index (χ4v) is 1.66. The molecule has 0 aliphatic heterocycles. The highest BCUT2D eigenvalue weighted by Crippen LogP contribution is 2.15. The van der Waals surface area contributed by atoms with Gasteiger partial charge in [0.25, 0.3) is 0 Å². The average Bonchev–Trinajstić information content (AvgIpc) is 2.16. The lowest BCUT2D eigenvalue weighted by Gasteiger charge is -2.19. The van der Waals surface area contributed by atoms with Gasteiger partial charge in [-0.1, -0.05) is 12.2 Å². The van der Waals surface area contributed by atoms with Crippen molar-refractivity contribution in [1.29, 1.82) is 0 Å². The van der Waals surface area contributed by atoms with Gasteiger partial charge >= 0.3 is 0 Å². The van der Waals surface area contributed by atoms with Crippen molar-refractivity contribution in [2.75, 3.05) is 24.6 Å². The molecule has 1 aromatic carbocycles. The first kappa shape index (κ1) is 12.3. The predicted molar refractivity (Wildman–Crippen MR) is 70.9 cm³/mol. The van der Waals surface area contributed by atoms with Crippen LogP contribution < -0.4 is 11.5 Å². The van der Waals surface area contributed by atoms with Gasteiger partial charge in [-0.3, -0.25) is 4.90 Å². The van der Waals surface area contributed by atoms with E-state index >= 15 is 0 Å². The molecule has 0 bridgehead atoms. The molecule has 0 amide bonds. The Hall–Kier alpha value is -1.74. The van der Waals surface area contributed by atoms with Gasteiger partial charge in [0.1, 0.15) is 0 Å². The van der Waals surface area contributed by atoms with Crippen molar-refractivity contribution in [3.63, 3.8) is 0 Å². The molecule has 0 fully saturated rings. The number of nitrogens with two attached hydrogens (primary N) is 2. The summed E-state index contributed by atoms with van der Waals surface area (Å²) in [5.41, 5.74) is 14.0. The fraction of sp³-hybridized carbons (Fsp3) is 0.231. The average molecular weight is 217 g/mol. The Morgan fingerprint density at radius 1 is 1.00 bits per heavy atom. The first-order chi connectivity index (χ1) is 7.65. The van der Waals surface area contributed by atoms with Crippen LogP contribution in [0.4, 0.5) is 11.4 Å². The van der Waals surface area contributed by atoms with E-state index in [1.807, 2.05) is 24.3 Å². The predicted octanol–water partition coefficient (Wildman–Crippen LogP) is 2.02. The van der Waals surface area contributed by atoms with Crippen LogP contribution in [0.15, 0.2) is 43.5 Å². The van der Waals surface area contributed by atoms with E-state index in [2.05, 4.69) is 18.1 Å². The fourth-order valence-electron chi connectivity index (χ4n) is 1.66. The third kappa shape index (κ3) is 3.79. The number of nitrogen functional groups attached to an aromatic ring is 2. The van der Waals surface area contributed by atoms with Crippen LogP contribution in [0.3, 0.4) is 0 Å². The Kier molecular flexibility index (Phi) is 4.61. The molecule has 0 aliphatic rings. The van der Waals surface area contributed by atoms with Gasteiger partial charge in [0.05, 0.1) is 0 Å². The second-order valence-corrected chi connectivity index (χ2v) is 3.78. The molecule has 0 spiro atoms. The van der Waals surface area contributed by atoms with Gasteiger partial charge in [-0.15, -0.1) is 13.2 Å². The molecule has 0 unspecified atom stereocenters. The van der Waals surface area contributed by atoms with Crippen molar-refractivity contribution >= 4 is 11.4 Å². The van der Waals surface area contributed by atoms with Crippen LogP contribution in [-0.4, -0.2) is 18.0 Å². The minimum Gasteiger partial charge on any atom is -0.399 e. The molecular formula is C13H19N3. The summed E-state index contributed by atoms with van der Waals surface area (Å²) >= 11 is 0. The summed E-state index contributed by atoms with van der Waals surface area (Å²) in [7, 11) is 0. The largest absolute Gasteiger partial charge is 0.399 e. The molecule has 86 valence electrons. The van der Waals surface area contributed by atoms with Gasteiger partial charge < -0.3 is 11.5 Å². The van der Waals surface area contributed by atoms with Crippen LogP contribution in [0.5, 0.6) is 0 Å². The third-order valence-electron chi connectivity index (χ3n) is 2.22. The van der Waals surface area contributed by atoms with E-state index in [-0.39, 0.29) is 0 Å². The van der Waals surface area contributed by atoms with E-state index < -0.39 is 0 Å². The van der Waals surface area contributed by atoms with Crippen molar-refractivity contribution in [2.24, 2.45) is 0 Å². The minimum atomic E-state index is 0.701. The second-order valence-electron chi connectivity index (χ2n) is 3.78. The SMILES string of the molecule is C=CCN(CC=C)Cc1cc(N)cc(N)c1. The highest BCUT2D eigenvalue weighted by molar-refractivity contribution is 5.54. The maximum Gasteiger partial charge on any atom is 0.0337 e. The molecule has 3 heteroatoms. The summed E-state index contributed by atoms with van der Waals surface area (Å²) in [4.78, 5) is 2.20. The van der Waals surface area contributed by atoms with E-state index in [4.69, 9.17) is 11.5 Å². The standard InChI is InChI=1S/C13H19N3/c1-3-5-16(6-4-2)10-11-7-12(14)9-13(15)8-11/h3-4,7-9H,1-2,5-6,10,14-15H2. The van der Waals surface area contributed by atoms with E-state index in [1.165, 1.54) is 0 Å². The van der Waals surface area contributed by atoms with Crippen molar-refractivity contribution in [1.82, 2.24) is 4.90 Å². The molecule has 1 aromatic rings. The monoisotopic (exact) mass is 217 g/mol. The quantitative estimate of drug-likeness (QED) is 0.566. The maximum absolute atomic E-state index is 5.74. The summed E-state index contributed by atoms with van der Waals surface area (Å²) in [5.74, 6) is 0. The molecule has 3 nitrogen and oxygen atoms in total. The normalized spacial score (nSPS) is 10.3. The molecule has 0 saturated heterocycles. The maximum atomic E-state index is 5.74. The highest BCUT2D eigenvalue weighted by atomic mass is 15.1. The number of rotatable bonds is 6. The molecule has 0 heterocycles. The number of hydrogen-bond donors (Lipinski definition) is 2. The topological polar surface area (TPSA) is 55.3 Å².